The van der Waals surface area contributed by atoms with Gasteiger partial charge < -0.3 is 10.1 Å². The molecule has 0 saturated heterocycles. The van der Waals surface area contributed by atoms with Crippen molar-refractivity contribution in [1.29, 1.82) is 0 Å². The average molecular weight is 295 g/mol. The predicted molar refractivity (Wildman–Crippen MR) is 75.9 cm³/mol. The number of halogens is 3. The number of rotatable bonds is 6. The van der Waals surface area contributed by atoms with Gasteiger partial charge >= 0.3 is 0 Å². The minimum atomic E-state index is -1.21. The Bertz CT molecular complexity index is 616. The third-order valence-corrected chi connectivity index (χ3v) is 2.85. The second-order valence-corrected chi connectivity index (χ2v) is 4.60. The van der Waals surface area contributed by atoms with Crippen LogP contribution in [-0.2, 0) is 6.54 Å². The molecule has 2 aromatic rings. The Hall–Kier alpha value is -2.17. The van der Waals surface area contributed by atoms with Crippen molar-refractivity contribution in [3.63, 3.8) is 0 Å². The van der Waals surface area contributed by atoms with Gasteiger partial charge in [0.25, 0.3) is 0 Å². The normalized spacial score (nSPS) is 10.5. The lowest BCUT2D eigenvalue weighted by atomic mass is 10.2. The van der Waals surface area contributed by atoms with Crippen LogP contribution in [0.5, 0.6) is 5.75 Å². The lowest BCUT2D eigenvalue weighted by Gasteiger charge is -2.10. The average Bonchev–Trinajstić information content (AvgIpc) is 2.47. The van der Waals surface area contributed by atoms with Crippen LogP contribution in [0.15, 0.2) is 36.4 Å². The van der Waals surface area contributed by atoms with E-state index in [9.17, 15) is 13.2 Å². The first-order valence-corrected chi connectivity index (χ1v) is 6.70. The van der Waals surface area contributed by atoms with Crippen LogP contribution in [-0.4, -0.2) is 6.61 Å². The number of ether oxygens (including phenoxy) is 1. The Morgan fingerprint density at radius 2 is 1.90 bits per heavy atom. The molecule has 0 aliphatic heterocycles. The highest BCUT2D eigenvalue weighted by Crippen LogP contribution is 2.21. The summed E-state index contributed by atoms with van der Waals surface area (Å²) >= 11 is 0. The van der Waals surface area contributed by atoms with E-state index in [1.807, 2.05) is 25.1 Å². The number of nitrogens with one attached hydrogen (secondary N) is 1. The van der Waals surface area contributed by atoms with Crippen molar-refractivity contribution in [2.45, 2.75) is 19.9 Å². The number of hydrogen-bond donors (Lipinski definition) is 1. The maximum atomic E-state index is 13.5. The molecule has 0 radical (unpaired) electrons. The molecular weight excluding hydrogens is 279 g/mol. The van der Waals surface area contributed by atoms with E-state index in [1.165, 1.54) is 0 Å². The zero-order chi connectivity index (χ0) is 15.2. The largest absolute Gasteiger partial charge is 0.494 e. The van der Waals surface area contributed by atoms with Crippen LogP contribution in [0.3, 0.4) is 0 Å². The van der Waals surface area contributed by atoms with E-state index in [1.54, 1.807) is 6.07 Å². The van der Waals surface area contributed by atoms with Crippen molar-refractivity contribution in [2.24, 2.45) is 0 Å². The highest BCUT2D eigenvalue weighted by atomic mass is 19.2. The molecule has 2 aromatic carbocycles. The fourth-order valence-electron chi connectivity index (χ4n) is 1.85. The van der Waals surface area contributed by atoms with Crippen molar-refractivity contribution in [3.8, 4) is 5.75 Å². The van der Waals surface area contributed by atoms with Crippen molar-refractivity contribution in [2.75, 3.05) is 11.9 Å². The van der Waals surface area contributed by atoms with E-state index in [-0.39, 0.29) is 12.2 Å². The molecular formula is C16H16F3NO. The molecule has 0 spiro atoms. The van der Waals surface area contributed by atoms with Gasteiger partial charge in [-0.1, -0.05) is 19.1 Å². The standard InChI is InChI=1S/C16H16F3NO/c1-2-6-21-13-5-3-4-11(7-13)10-20-15-9-12(17)8-14(18)16(15)19/h3-5,7-9,20H,2,6,10H2,1H3. The summed E-state index contributed by atoms with van der Waals surface area (Å²) in [5.74, 6) is -2.41. The topological polar surface area (TPSA) is 21.3 Å². The van der Waals surface area contributed by atoms with E-state index < -0.39 is 17.5 Å². The molecule has 0 atom stereocenters. The molecule has 0 heterocycles. The van der Waals surface area contributed by atoms with Gasteiger partial charge in [-0.3, -0.25) is 0 Å². The van der Waals surface area contributed by atoms with Gasteiger partial charge in [-0.15, -0.1) is 0 Å². The van der Waals surface area contributed by atoms with E-state index in [4.69, 9.17) is 4.74 Å². The molecule has 1 N–H and O–H groups in total. The molecule has 0 saturated carbocycles. The Labute approximate surface area is 121 Å². The molecule has 21 heavy (non-hydrogen) atoms. The summed E-state index contributed by atoms with van der Waals surface area (Å²) in [6.45, 7) is 2.86. The van der Waals surface area contributed by atoms with Crippen molar-refractivity contribution < 1.29 is 17.9 Å². The second-order valence-electron chi connectivity index (χ2n) is 4.60. The molecule has 0 unspecified atom stereocenters. The van der Waals surface area contributed by atoms with Gasteiger partial charge in [0.15, 0.2) is 11.6 Å². The molecule has 0 fully saturated rings. The zero-order valence-corrected chi connectivity index (χ0v) is 11.6. The zero-order valence-electron chi connectivity index (χ0n) is 11.6. The van der Waals surface area contributed by atoms with Gasteiger partial charge in [0.2, 0.25) is 0 Å². The van der Waals surface area contributed by atoms with E-state index in [2.05, 4.69) is 5.32 Å². The first-order valence-electron chi connectivity index (χ1n) is 6.70. The highest BCUT2D eigenvalue weighted by molar-refractivity contribution is 5.46. The number of anilines is 1. The number of benzene rings is 2. The smallest absolute Gasteiger partial charge is 0.182 e. The molecule has 0 aliphatic rings. The maximum Gasteiger partial charge on any atom is 0.182 e. The molecule has 0 aromatic heterocycles. The summed E-state index contributed by atoms with van der Waals surface area (Å²) in [4.78, 5) is 0. The van der Waals surface area contributed by atoms with Crippen molar-refractivity contribution >= 4 is 5.69 Å². The molecule has 2 nitrogen and oxygen atoms in total. The summed E-state index contributed by atoms with van der Waals surface area (Å²) in [7, 11) is 0. The van der Waals surface area contributed by atoms with E-state index in [0.29, 0.717) is 18.4 Å². The molecule has 0 aliphatic carbocycles. The third-order valence-electron chi connectivity index (χ3n) is 2.85. The lowest BCUT2D eigenvalue weighted by molar-refractivity contribution is 0.317. The highest BCUT2D eigenvalue weighted by Gasteiger charge is 2.10. The quantitative estimate of drug-likeness (QED) is 0.792. The van der Waals surface area contributed by atoms with Crippen molar-refractivity contribution in [3.05, 3.63) is 59.4 Å². The van der Waals surface area contributed by atoms with Crippen molar-refractivity contribution in [1.82, 2.24) is 0 Å². The van der Waals surface area contributed by atoms with Gasteiger partial charge in [0.1, 0.15) is 11.6 Å². The molecule has 112 valence electrons. The van der Waals surface area contributed by atoms with Gasteiger partial charge in [0, 0.05) is 18.7 Å². The third kappa shape index (κ3) is 4.15. The second kappa shape index (κ2) is 7.02. The summed E-state index contributed by atoms with van der Waals surface area (Å²) in [6.07, 6.45) is 0.899. The summed E-state index contributed by atoms with van der Waals surface area (Å²) in [5.41, 5.74) is 0.625. The summed E-state index contributed by atoms with van der Waals surface area (Å²) in [6, 6.07) is 8.69. The minimum absolute atomic E-state index is 0.202. The molecule has 2 rings (SSSR count). The van der Waals surface area contributed by atoms with Crippen LogP contribution >= 0.6 is 0 Å². The molecule has 5 heteroatoms. The van der Waals surface area contributed by atoms with Gasteiger partial charge in [-0.05, 0) is 24.1 Å². The van der Waals surface area contributed by atoms with Gasteiger partial charge in [-0.2, -0.15) is 0 Å². The Morgan fingerprint density at radius 1 is 1.10 bits per heavy atom. The summed E-state index contributed by atoms with van der Waals surface area (Å²) in [5, 5.41) is 2.68. The SMILES string of the molecule is CCCOc1cccc(CNc2cc(F)cc(F)c2F)c1. The Balaban J connectivity index is 2.06. The van der Waals surface area contributed by atoms with Crippen LogP contribution in [0.25, 0.3) is 0 Å². The number of hydrogen-bond acceptors (Lipinski definition) is 2. The van der Waals surface area contributed by atoms with Crippen LogP contribution < -0.4 is 10.1 Å². The predicted octanol–water partition coefficient (Wildman–Crippen LogP) is 4.50. The van der Waals surface area contributed by atoms with E-state index in [0.717, 1.165) is 18.1 Å². The molecule has 0 amide bonds. The van der Waals surface area contributed by atoms with E-state index >= 15 is 0 Å². The fraction of sp³-hybridized carbons (Fsp3) is 0.250. The summed E-state index contributed by atoms with van der Waals surface area (Å²) < 4.78 is 45.2. The molecule has 0 bridgehead atoms. The van der Waals surface area contributed by atoms with Crippen LogP contribution in [0, 0.1) is 17.5 Å². The first-order chi connectivity index (χ1) is 10.1. The van der Waals surface area contributed by atoms with Crippen LogP contribution in [0.2, 0.25) is 0 Å². The Morgan fingerprint density at radius 3 is 2.67 bits per heavy atom. The van der Waals surface area contributed by atoms with Gasteiger partial charge in [0.05, 0.1) is 12.3 Å². The first kappa shape index (κ1) is 15.2. The Kier molecular flexibility index (Phi) is 5.09. The fourth-order valence-corrected chi connectivity index (χ4v) is 1.85. The maximum absolute atomic E-state index is 13.5. The lowest BCUT2D eigenvalue weighted by Crippen LogP contribution is -2.04. The minimum Gasteiger partial charge on any atom is -0.494 e. The monoisotopic (exact) mass is 295 g/mol. The van der Waals surface area contributed by atoms with Crippen LogP contribution in [0.4, 0.5) is 18.9 Å². The van der Waals surface area contributed by atoms with Crippen LogP contribution in [0.1, 0.15) is 18.9 Å². The van der Waals surface area contributed by atoms with Gasteiger partial charge in [-0.25, -0.2) is 13.2 Å².